The molecule has 2 fully saturated rings. The van der Waals surface area contributed by atoms with Crippen LogP contribution in [0, 0.1) is 11.3 Å². The standard InChI is InChI=1S/C12H24N2/c1-2-4-10-7-11(10)14-9-12(8-13)5-3-6-12/h10-11,14H,2-9,13H2,1H3. The van der Waals surface area contributed by atoms with Gasteiger partial charge in [-0.1, -0.05) is 19.8 Å². The highest BCUT2D eigenvalue weighted by Crippen LogP contribution is 2.41. The van der Waals surface area contributed by atoms with Gasteiger partial charge in [0.25, 0.3) is 0 Å². The van der Waals surface area contributed by atoms with Crippen LogP contribution in [-0.2, 0) is 0 Å². The zero-order chi connectivity index (χ0) is 10.0. The van der Waals surface area contributed by atoms with E-state index in [1.165, 1.54) is 45.1 Å². The highest BCUT2D eigenvalue weighted by atomic mass is 15.0. The molecule has 82 valence electrons. The first-order chi connectivity index (χ1) is 6.79. The van der Waals surface area contributed by atoms with Gasteiger partial charge in [0.15, 0.2) is 0 Å². The third-order valence-corrected chi connectivity index (χ3v) is 4.17. The van der Waals surface area contributed by atoms with Gasteiger partial charge in [0.2, 0.25) is 0 Å². The summed E-state index contributed by atoms with van der Waals surface area (Å²) in [6, 6.07) is 0.832. The molecule has 2 nitrogen and oxygen atoms in total. The molecule has 2 unspecified atom stereocenters. The van der Waals surface area contributed by atoms with Crippen LogP contribution in [0.3, 0.4) is 0 Å². The van der Waals surface area contributed by atoms with E-state index in [0.717, 1.165) is 18.5 Å². The minimum absolute atomic E-state index is 0.485. The molecule has 14 heavy (non-hydrogen) atoms. The molecule has 3 N–H and O–H groups in total. The Labute approximate surface area is 87.6 Å². The third kappa shape index (κ3) is 2.12. The molecule has 0 heterocycles. The number of nitrogens with two attached hydrogens (primary N) is 1. The largest absolute Gasteiger partial charge is 0.330 e. The van der Waals surface area contributed by atoms with Crippen molar-refractivity contribution < 1.29 is 0 Å². The fraction of sp³-hybridized carbons (Fsp3) is 1.00. The predicted molar refractivity (Wildman–Crippen MR) is 60.1 cm³/mol. The average Bonchev–Trinajstić information content (AvgIpc) is 2.84. The second-order valence-corrected chi connectivity index (χ2v) is 5.33. The molecule has 0 spiro atoms. The van der Waals surface area contributed by atoms with Crippen LogP contribution < -0.4 is 11.1 Å². The van der Waals surface area contributed by atoms with E-state index in [-0.39, 0.29) is 0 Å². The van der Waals surface area contributed by atoms with Crippen molar-refractivity contribution in [3.8, 4) is 0 Å². The molecule has 0 aromatic rings. The molecule has 0 amide bonds. The highest BCUT2D eigenvalue weighted by molar-refractivity contribution is 4.97. The Bertz CT molecular complexity index is 181. The second-order valence-electron chi connectivity index (χ2n) is 5.33. The lowest BCUT2D eigenvalue weighted by Gasteiger charge is -2.41. The van der Waals surface area contributed by atoms with E-state index in [1.54, 1.807) is 0 Å². The molecule has 0 aromatic carbocycles. The molecule has 0 aromatic heterocycles. The molecule has 2 rings (SSSR count). The molecular formula is C12H24N2. The van der Waals surface area contributed by atoms with Crippen molar-refractivity contribution in [1.29, 1.82) is 0 Å². The van der Waals surface area contributed by atoms with E-state index in [2.05, 4.69) is 12.2 Å². The molecular weight excluding hydrogens is 172 g/mol. The van der Waals surface area contributed by atoms with Crippen LogP contribution in [0.5, 0.6) is 0 Å². The van der Waals surface area contributed by atoms with E-state index < -0.39 is 0 Å². The van der Waals surface area contributed by atoms with E-state index in [1.807, 2.05) is 0 Å². The van der Waals surface area contributed by atoms with Crippen LogP contribution in [0.4, 0.5) is 0 Å². The van der Waals surface area contributed by atoms with Gasteiger partial charge >= 0.3 is 0 Å². The van der Waals surface area contributed by atoms with Crippen molar-refractivity contribution >= 4 is 0 Å². The minimum Gasteiger partial charge on any atom is -0.330 e. The van der Waals surface area contributed by atoms with Crippen molar-refractivity contribution in [2.75, 3.05) is 13.1 Å². The lowest BCUT2D eigenvalue weighted by molar-refractivity contribution is 0.140. The van der Waals surface area contributed by atoms with Crippen molar-refractivity contribution in [3.05, 3.63) is 0 Å². The SMILES string of the molecule is CCCC1CC1NCC1(CN)CCC1. The van der Waals surface area contributed by atoms with E-state index in [9.17, 15) is 0 Å². The summed E-state index contributed by atoms with van der Waals surface area (Å²) in [6.45, 7) is 4.34. The van der Waals surface area contributed by atoms with Gasteiger partial charge in [0, 0.05) is 12.6 Å². The van der Waals surface area contributed by atoms with Gasteiger partial charge in [-0.25, -0.2) is 0 Å². The molecule has 2 atom stereocenters. The number of rotatable bonds is 6. The summed E-state index contributed by atoms with van der Waals surface area (Å²) in [4.78, 5) is 0. The Morgan fingerprint density at radius 3 is 2.71 bits per heavy atom. The Morgan fingerprint density at radius 2 is 2.21 bits per heavy atom. The molecule has 0 aliphatic heterocycles. The predicted octanol–water partition coefficient (Wildman–Crippen LogP) is 1.89. The number of nitrogens with one attached hydrogen (secondary N) is 1. The van der Waals surface area contributed by atoms with Gasteiger partial charge in [-0.05, 0) is 43.6 Å². The third-order valence-electron chi connectivity index (χ3n) is 4.17. The number of hydrogen-bond acceptors (Lipinski definition) is 2. The first-order valence-electron chi connectivity index (χ1n) is 6.23. The maximum atomic E-state index is 5.83. The molecule has 0 radical (unpaired) electrons. The maximum absolute atomic E-state index is 5.83. The van der Waals surface area contributed by atoms with Crippen LogP contribution in [0.2, 0.25) is 0 Å². The lowest BCUT2D eigenvalue weighted by atomic mass is 9.69. The first kappa shape index (κ1) is 10.4. The molecule has 2 aliphatic carbocycles. The van der Waals surface area contributed by atoms with Crippen molar-refractivity contribution in [1.82, 2.24) is 5.32 Å². The van der Waals surface area contributed by atoms with Gasteiger partial charge < -0.3 is 11.1 Å². The van der Waals surface area contributed by atoms with Crippen molar-refractivity contribution in [2.45, 2.75) is 51.5 Å². The molecule has 2 aliphatic rings. The summed E-state index contributed by atoms with van der Waals surface area (Å²) in [5.41, 5.74) is 6.31. The molecule has 0 saturated heterocycles. The Kier molecular flexibility index (Phi) is 3.13. The fourth-order valence-corrected chi connectivity index (χ4v) is 2.66. The Morgan fingerprint density at radius 1 is 1.43 bits per heavy atom. The highest BCUT2D eigenvalue weighted by Gasteiger charge is 2.40. The van der Waals surface area contributed by atoms with Gasteiger partial charge in [-0.2, -0.15) is 0 Å². The van der Waals surface area contributed by atoms with E-state index >= 15 is 0 Å². The summed E-state index contributed by atoms with van der Waals surface area (Å²) in [5, 5.41) is 3.71. The number of hydrogen-bond donors (Lipinski definition) is 2. The average molecular weight is 196 g/mol. The van der Waals surface area contributed by atoms with E-state index in [0.29, 0.717) is 5.41 Å². The van der Waals surface area contributed by atoms with Crippen molar-refractivity contribution in [2.24, 2.45) is 17.1 Å². The molecule has 2 heteroatoms. The minimum atomic E-state index is 0.485. The normalized spacial score (nSPS) is 33.9. The van der Waals surface area contributed by atoms with Crippen LogP contribution in [0.1, 0.15) is 45.4 Å². The second kappa shape index (κ2) is 4.19. The topological polar surface area (TPSA) is 38.0 Å². The summed E-state index contributed by atoms with van der Waals surface area (Å²) in [5.74, 6) is 0.981. The Hall–Kier alpha value is -0.0800. The van der Waals surface area contributed by atoms with Gasteiger partial charge in [0.05, 0.1) is 0 Å². The first-order valence-corrected chi connectivity index (χ1v) is 6.23. The molecule has 2 saturated carbocycles. The molecule has 0 bridgehead atoms. The van der Waals surface area contributed by atoms with Crippen LogP contribution >= 0.6 is 0 Å². The van der Waals surface area contributed by atoms with Gasteiger partial charge in [0.1, 0.15) is 0 Å². The zero-order valence-corrected chi connectivity index (χ0v) is 9.39. The summed E-state index contributed by atoms with van der Waals surface area (Å²) < 4.78 is 0. The Balaban J connectivity index is 1.63. The van der Waals surface area contributed by atoms with Crippen molar-refractivity contribution in [3.63, 3.8) is 0 Å². The summed E-state index contributed by atoms with van der Waals surface area (Å²) in [7, 11) is 0. The van der Waals surface area contributed by atoms with Crippen LogP contribution in [-0.4, -0.2) is 19.1 Å². The van der Waals surface area contributed by atoms with Gasteiger partial charge in [-0.15, -0.1) is 0 Å². The smallest absolute Gasteiger partial charge is 0.00993 e. The van der Waals surface area contributed by atoms with Gasteiger partial charge in [-0.3, -0.25) is 0 Å². The van der Waals surface area contributed by atoms with E-state index in [4.69, 9.17) is 5.73 Å². The fourth-order valence-electron chi connectivity index (χ4n) is 2.66. The zero-order valence-electron chi connectivity index (χ0n) is 9.39. The maximum Gasteiger partial charge on any atom is 0.00993 e. The summed E-state index contributed by atoms with van der Waals surface area (Å²) in [6.07, 6.45) is 8.25. The lowest BCUT2D eigenvalue weighted by Crippen LogP contribution is -2.46. The summed E-state index contributed by atoms with van der Waals surface area (Å²) >= 11 is 0. The van der Waals surface area contributed by atoms with Crippen LogP contribution in [0.25, 0.3) is 0 Å². The van der Waals surface area contributed by atoms with Crippen LogP contribution in [0.15, 0.2) is 0 Å². The monoisotopic (exact) mass is 196 g/mol. The quantitative estimate of drug-likeness (QED) is 0.681.